The first-order chi connectivity index (χ1) is 9.10. The summed E-state index contributed by atoms with van der Waals surface area (Å²) in [6.07, 6.45) is -0.313. The van der Waals surface area contributed by atoms with Crippen LogP contribution in [0.4, 0.5) is 5.00 Å². The number of rotatable bonds is 3. The summed E-state index contributed by atoms with van der Waals surface area (Å²) in [7, 11) is 0. The van der Waals surface area contributed by atoms with E-state index in [1.165, 1.54) is 18.3 Å². The number of nitrogens with zero attached hydrogens (tertiary/aromatic N) is 1. The Kier molecular flexibility index (Phi) is 4.52. The highest BCUT2D eigenvalue weighted by Crippen LogP contribution is 2.23. The van der Waals surface area contributed by atoms with Crippen molar-refractivity contribution in [1.29, 1.82) is 0 Å². The Morgan fingerprint density at radius 3 is 3.05 bits per heavy atom. The van der Waals surface area contributed by atoms with Gasteiger partial charge >= 0.3 is 0 Å². The van der Waals surface area contributed by atoms with E-state index in [-0.39, 0.29) is 24.5 Å². The molecule has 6 nitrogen and oxygen atoms in total. The molecule has 1 aromatic rings. The van der Waals surface area contributed by atoms with Crippen LogP contribution in [0, 0.1) is 0 Å². The van der Waals surface area contributed by atoms with Crippen molar-refractivity contribution in [3.05, 3.63) is 17.0 Å². The van der Waals surface area contributed by atoms with Gasteiger partial charge in [-0.15, -0.1) is 11.3 Å². The van der Waals surface area contributed by atoms with Crippen molar-refractivity contribution < 1.29 is 19.4 Å². The average Bonchev–Trinajstić information content (AvgIpc) is 2.85. The van der Waals surface area contributed by atoms with Crippen molar-refractivity contribution in [2.24, 2.45) is 0 Å². The van der Waals surface area contributed by atoms with Crippen LogP contribution in [0.1, 0.15) is 16.6 Å². The number of carbonyl (C=O) groups is 2. The van der Waals surface area contributed by atoms with Crippen LogP contribution in [0.25, 0.3) is 0 Å². The molecule has 2 N–H and O–H groups in total. The van der Waals surface area contributed by atoms with Gasteiger partial charge in [-0.1, -0.05) is 0 Å². The molecule has 0 aromatic carbocycles. The summed E-state index contributed by atoms with van der Waals surface area (Å²) in [6, 6.07) is 3.41. The fourth-order valence-electron chi connectivity index (χ4n) is 1.86. The van der Waals surface area contributed by atoms with Gasteiger partial charge < -0.3 is 20.1 Å². The molecule has 1 aliphatic rings. The topological polar surface area (TPSA) is 78.9 Å². The van der Waals surface area contributed by atoms with E-state index in [0.29, 0.717) is 29.6 Å². The van der Waals surface area contributed by atoms with E-state index >= 15 is 0 Å². The molecule has 2 rings (SSSR count). The highest BCUT2D eigenvalue weighted by molar-refractivity contribution is 7.18. The number of hydrogen-bond donors (Lipinski definition) is 2. The first kappa shape index (κ1) is 14.0. The van der Waals surface area contributed by atoms with E-state index in [2.05, 4.69) is 5.32 Å². The lowest BCUT2D eigenvalue weighted by molar-refractivity contribution is -0.114. The maximum absolute atomic E-state index is 12.2. The second kappa shape index (κ2) is 6.14. The minimum atomic E-state index is -0.313. The summed E-state index contributed by atoms with van der Waals surface area (Å²) in [4.78, 5) is 25.4. The number of carbonyl (C=O) groups excluding carboxylic acids is 2. The molecule has 0 bridgehead atoms. The average molecular weight is 284 g/mol. The Morgan fingerprint density at radius 2 is 2.37 bits per heavy atom. The zero-order valence-electron chi connectivity index (χ0n) is 10.6. The Bertz CT molecular complexity index is 474. The number of ether oxygens (including phenoxy) is 1. The summed E-state index contributed by atoms with van der Waals surface area (Å²) in [6.45, 7) is 2.67. The Balaban J connectivity index is 2.02. The summed E-state index contributed by atoms with van der Waals surface area (Å²) in [5.74, 6) is -0.254. The van der Waals surface area contributed by atoms with E-state index in [0.717, 1.165) is 0 Å². The van der Waals surface area contributed by atoms with E-state index in [4.69, 9.17) is 9.84 Å². The van der Waals surface area contributed by atoms with Crippen molar-refractivity contribution in [2.45, 2.75) is 13.0 Å². The van der Waals surface area contributed by atoms with Gasteiger partial charge in [-0.25, -0.2) is 0 Å². The molecule has 0 spiro atoms. The van der Waals surface area contributed by atoms with Gasteiger partial charge in [0.1, 0.15) is 0 Å². The molecule has 1 aromatic heterocycles. The molecule has 19 heavy (non-hydrogen) atoms. The maximum atomic E-state index is 12.2. The van der Waals surface area contributed by atoms with Crippen molar-refractivity contribution >= 4 is 28.2 Å². The monoisotopic (exact) mass is 284 g/mol. The number of morpholine rings is 1. The number of aliphatic hydroxyl groups excluding tert-OH is 1. The normalized spacial score (nSPS) is 19.3. The fourth-order valence-corrected chi connectivity index (χ4v) is 2.78. The van der Waals surface area contributed by atoms with Gasteiger partial charge in [0, 0.05) is 20.0 Å². The van der Waals surface area contributed by atoms with Gasteiger partial charge in [-0.05, 0) is 12.1 Å². The zero-order valence-corrected chi connectivity index (χ0v) is 11.4. The molecule has 1 aliphatic heterocycles. The van der Waals surface area contributed by atoms with Gasteiger partial charge in [0.15, 0.2) is 0 Å². The second-order valence-electron chi connectivity index (χ2n) is 4.27. The Morgan fingerprint density at radius 1 is 1.58 bits per heavy atom. The third kappa shape index (κ3) is 3.52. The van der Waals surface area contributed by atoms with Crippen LogP contribution in [0.5, 0.6) is 0 Å². The highest BCUT2D eigenvalue weighted by Gasteiger charge is 2.25. The molecule has 1 saturated heterocycles. The number of thiophene rings is 1. The molecule has 2 amide bonds. The van der Waals surface area contributed by atoms with E-state index in [1.54, 1.807) is 17.0 Å². The summed E-state index contributed by atoms with van der Waals surface area (Å²) in [5, 5.41) is 12.4. The van der Waals surface area contributed by atoms with Crippen LogP contribution in [0.15, 0.2) is 12.1 Å². The second-order valence-corrected chi connectivity index (χ2v) is 5.36. The molecule has 1 unspecified atom stereocenters. The third-order valence-corrected chi connectivity index (χ3v) is 3.73. The summed E-state index contributed by atoms with van der Waals surface area (Å²) in [5.41, 5.74) is 0. The van der Waals surface area contributed by atoms with Gasteiger partial charge in [0.2, 0.25) is 5.91 Å². The van der Waals surface area contributed by atoms with Crippen molar-refractivity contribution in [3.8, 4) is 0 Å². The molecule has 104 valence electrons. The molecule has 0 radical (unpaired) electrons. The van der Waals surface area contributed by atoms with Gasteiger partial charge in [0.25, 0.3) is 5.91 Å². The lowest BCUT2D eigenvalue weighted by Crippen LogP contribution is -2.46. The fraction of sp³-hybridized carbons (Fsp3) is 0.500. The molecule has 0 saturated carbocycles. The van der Waals surface area contributed by atoms with Gasteiger partial charge in [-0.3, -0.25) is 9.59 Å². The predicted molar refractivity (Wildman–Crippen MR) is 71.4 cm³/mol. The number of amides is 2. The molecule has 2 heterocycles. The van der Waals surface area contributed by atoms with E-state index in [9.17, 15) is 9.59 Å². The predicted octanol–water partition coefficient (Wildman–Crippen LogP) is 0.540. The zero-order chi connectivity index (χ0) is 13.8. The number of aliphatic hydroxyl groups is 1. The van der Waals surface area contributed by atoms with Crippen LogP contribution in [-0.4, -0.2) is 54.2 Å². The van der Waals surface area contributed by atoms with E-state index < -0.39 is 0 Å². The summed E-state index contributed by atoms with van der Waals surface area (Å²) >= 11 is 1.25. The molecular weight excluding hydrogens is 268 g/mol. The first-order valence-corrected chi connectivity index (χ1v) is 6.81. The Labute approximate surface area is 115 Å². The minimum Gasteiger partial charge on any atom is -0.394 e. The Hall–Kier alpha value is -1.44. The van der Waals surface area contributed by atoms with E-state index in [1.807, 2.05) is 0 Å². The van der Waals surface area contributed by atoms with Gasteiger partial charge in [0.05, 0.1) is 29.2 Å². The van der Waals surface area contributed by atoms with Crippen LogP contribution < -0.4 is 5.32 Å². The van der Waals surface area contributed by atoms with Crippen LogP contribution in [0.3, 0.4) is 0 Å². The van der Waals surface area contributed by atoms with Gasteiger partial charge in [-0.2, -0.15) is 0 Å². The first-order valence-electron chi connectivity index (χ1n) is 5.99. The van der Waals surface area contributed by atoms with Crippen molar-refractivity contribution in [2.75, 3.05) is 31.6 Å². The molecular formula is C12H16N2O4S. The highest BCUT2D eigenvalue weighted by atomic mass is 32.1. The molecule has 0 aliphatic carbocycles. The van der Waals surface area contributed by atoms with Crippen LogP contribution >= 0.6 is 11.3 Å². The van der Waals surface area contributed by atoms with Crippen LogP contribution in [0.2, 0.25) is 0 Å². The van der Waals surface area contributed by atoms with Crippen molar-refractivity contribution in [3.63, 3.8) is 0 Å². The maximum Gasteiger partial charge on any atom is 0.264 e. The smallest absolute Gasteiger partial charge is 0.264 e. The quantitative estimate of drug-likeness (QED) is 0.849. The van der Waals surface area contributed by atoms with Crippen molar-refractivity contribution in [1.82, 2.24) is 4.90 Å². The number of hydrogen-bond acceptors (Lipinski definition) is 5. The van der Waals surface area contributed by atoms with Crippen LogP contribution in [-0.2, 0) is 9.53 Å². The number of nitrogens with one attached hydrogen (secondary N) is 1. The minimum absolute atomic E-state index is 0.0919. The molecule has 1 fully saturated rings. The molecule has 7 heteroatoms. The molecule has 1 atom stereocenters. The standard InChI is InChI=1S/C12H16N2O4S/c1-8(16)13-11-3-2-10(19-11)12(17)14-4-5-18-9(6-14)7-15/h2-3,9,15H,4-7H2,1H3,(H,13,16). The summed E-state index contributed by atoms with van der Waals surface area (Å²) < 4.78 is 5.30. The largest absolute Gasteiger partial charge is 0.394 e. The number of anilines is 1. The third-order valence-electron chi connectivity index (χ3n) is 2.75. The lowest BCUT2D eigenvalue weighted by Gasteiger charge is -2.31. The lowest BCUT2D eigenvalue weighted by atomic mass is 10.2. The SMILES string of the molecule is CC(=O)Nc1ccc(C(=O)N2CCOC(CO)C2)s1.